The highest BCUT2D eigenvalue weighted by atomic mass is 16.5. The Bertz CT molecular complexity index is 519. The van der Waals surface area contributed by atoms with E-state index in [1.54, 1.807) is 19.5 Å². The summed E-state index contributed by atoms with van der Waals surface area (Å²) in [4.78, 5) is 19.0. The van der Waals surface area contributed by atoms with Crippen molar-refractivity contribution in [2.45, 2.75) is 31.4 Å². The number of carbonyl (C=O) groups excluding carboxylic acids is 1. The van der Waals surface area contributed by atoms with E-state index in [0.717, 1.165) is 25.8 Å². The molecule has 2 saturated heterocycles. The monoisotopic (exact) mass is 334 g/mol. The second-order valence-electron chi connectivity index (χ2n) is 6.41. The zero-order valence-corrected chi connectivity index (χ0v) is 14.2. The van der Waals surface area contributed by atoms with Gasteiger partial charge in [-0.3, -0.25) is 9.78 Å². The number of methoxy groups -OCH3 is 1. The first-order valence-electron chi connectivity index (χ1n) is 8.67. The number of amides is 1. The summed E-state index contributed by atoms with van der Waals surface area (Å²) in [5.41, 5.74) is 1.18. The van der Waals surface area contributed by atoms with Crippen molar-refractivity contribution in [1.82, 2.24) is 9.88 Å². The fourth-order valence-electron chi connectivity index (χ4n) is 3.54. The summed E-state index contributed by atoms with van der Waals surface area (Å²) in [6, 6.07) is 4.08. The molecule has 0 spiro atoms. The molecule has 1 amide bonds. The largest absolute Gasteiger partial charge is 0.382 e. The number of aromatic nitrogens is 1. The van der Waals surface area contributed by atoms with Crippen LogP contribution < -0.4 is 0 Å². The molecule has 0 N–H and O–H groups in total. The van der Waals surface area contributed by atoms with E-state index in [0.29, 0.717) is 26.4 Å². The number of carbonyl (C=O) groups is 1. The van der Waals surface area contributed by atoms with Crippen LogP contribution in [0, 0.1) is 5.92 Å². The summed E-state index contributed by atoms with van der Waals surface area (Å²) in [5.74, 6) is 0.215. The van der Waals surface area contributed by atoms with Gasteiger partial charge >= 0.3 is 0 Å². The Morgan fingerprint density at radius 3 is 2.88 bits per heavy atom. The Hall–Kier alpha value is -1.50. The first-order valence-corrected chi connectivity index (χ1v) is 8.67. The molecular formula is C18H26N2O4. The summed E-state index contributed by atoms with van der Waals surface area (Å²) in [6.07, 6.45) is 6.13. The van der Waals surface area contributed by atoms with Crippen LogP contribution in [0.2, 0.25) is 0 Å². The quantitative estimate of drug-likeness (QED) is 0.703. The van der Waals surface area contributed by atoms with Crippen molar-refractivity contribution in [2.75, 3.05) is 40.1 Å². The van der Waals surface area contributed by atoms with Crippen molar-refractivity contribution in [3.8, 4) is 0 Å². The van der Waals surface area contributed by atoms with Crippen LogP contribution >= 0.6 is 0 Å². The predicted octanol–water partition coefficient (Wildman–Crippen LogP) is 1.29. The molecule has 0 bridgehead atoms. The predicted molar refractivity (Wildman–Crippen MR) is 88.6 cm³/mol. The minimum absolute atomic E-state index is 0.00247. The van der Waals surface area contributed by atoms with Crippen LogP contribution in [-0.2, 0) is 25.4 Å². The van der Waals surface area contributed by atoms with E-state index in [1.807, 2.05) is 17.0 Å². The number of pyridine rings is 1. The van der Waals surface area contributed by atoms with E-state index in [9.17, 15) is 4.79 Å². The molecule has 3 atom stereocenters. The molecule has 2 aliphatic rings. The zero-order valence-electron chi connectivity index (χ0n) is 14.2. The van der Waals surface area contributed by atoms with Crippen molar-refractivity contribution >= 4 is 5.91 Å². The molecule has 6 nitrogen and oxygen atoms in total. The molecule has 3 heterocycles. The van der Waals surface area contributed by atoms with E-state index in [2.05, 4.69) is 4.98 Å². The van der Waals surface area contributed by atoms with E-state index in [-0.39, 0.29) is 24.0 Å². The smallest absolute Gasteiger partial charge is 0.228 e. The number of hydrogen-bond donors (Lipinski definition) is 0. The first kappa shape index (κ1) is 17.3. The van der Waals surface area contributed by atoms with Gasteiger partial charge in [-0.25, -0.2) is 0 Å². The van der Waals surface area contributed by atoms with Gasteiger partial charge in [-0.15, -0.1) is 0 Å². The van der Waals surface area contributed by atoms with Gasteiger partial charge < -0.3 is 19.1 Å². The van der Waals surface area contributed by atoms with Crippen LogP contribution in [0.25, 0.3) is 0 Å². The van der Waals surface area contributed by atoms with Gasteiger partial charge in [0.25, 0.3) is 0 Å². The van der Waals surface area contributed by atoms with Gasteiger partial charge in [0.15, 0.2) is 0 Å². The van der Waals surface area contributed by atoms with Gasteiger partial charge in [0.2, 0.25) is 5.91 Å². The Morgan fingerprint density at radius 2 is 2.17 bits per heavy atom. The molecule has 2 fully saturated rings. The van der Waals surface area contributed by atoms with Crippen LogP contribution in [0.3, 0.4) is 0 Å². The van der Waals surface area contributed by atoms with Crippen LogP contribution in [-0.4, -0.2) is 68.0 Å². The summed E-state index contributed by atoms with van der Waals surface area (Å²) < 4.78 is 16.5. The maximum atomic E-state index is 12.9. The summed E-state index contributed by atoms with van der Waals surface area (Å²) in [5, 5.41) is 0. The van der Waals surface area contributed by atoms with Crippen molar-refractivity contribution in [3.63, 3.8) is 0 Å². The van der Waals surface area contributed by atoms with Gasteiger partial charge in [-0.1, -0.05) is 0 Å². The number of hydrogen-bond acceptors (Lipinski definition) is 5. The van der Waals surface area contributed by atoms with Crippen LogP contribution in [0.5, 0.6) is 0 Å². The average Bonchev–Trinajstić information content (AvgIpc) is 3.26. The maximum Gasteiger partial charge on any atom is 0.228 e. The third kappa shape index (κ3) is 4.12. The molecule has 1 aromatic heterocycles. The van der Waals surface area contributed by atoms with E-state index < -0.39 is 0 Å². The molecule has 0 unspecified atom stereocenters. The highest BCUT2D eigenvalue weighted by Gasteiger charge is 2.40. The molecule has 0 radical (unpaired) electrons. The lowest BCUT2D eigenvalue weighted by Crippen LogP contribution is -2.45. The van der Waals surface area contributed by atoms with Crippen LogP contribution in [0.4, 0.5) is 0 Å². The molecule has 0 aliphatic carbocycles. The Labute approximate surface area is 143 Å². The normalized spacial score (nSPS) is 26.9. The van der Waals surface area contributed by atoms with Gasteiger partial charge in [-0.2, -0.15) is 0 Å². The van der Waals surface area contributed by atoms with Gasteiger partial charge in [0.05, 0.1) is 37.9 Å². The number of ether oxygens (including phenoxy) is 3. The van der Waals surface area contributed by atoms with E-state index >= 15 is 0 Å². The molecule has 132 valence electrons. The summed E-state index contributed by atoms with van der Waals surface area (Å²) in [6.45, 7) is 3.12. The molecule has 2 aliphatic heterocycles. The molecule has 24 heavy (non-hydrogen) atoms. The van der Waals surface area contributed by atoms with Crippen LogP contribution in [0.15, 0.2) is 24.5 Å². The lowest BCUT2D eigenvalue weighted by Gasteiger charge is -2.30. The molecule has 1 aromatic rings. The average molecular weight is 334 g/mol. The Morgan fingerprint density at radius 1 is 1.33 bits per heavy atom. The number of rotatable bonds is 7. The summed E-state index contributed by atoms with van der Waals surface area (Å²) in [7, 11) is 1.67. The third-order valence-corrected chi connectivity index (χ3v) is 4.86. The highest BCUT2D eigenvalue weighted by molar-refractivity contribution is 5.80. The van der Waals surface area contributed by atoms with Crippen LogP contribution in [0.1, 0.15) is 18.4 Å². The lowest BCUT2D eigenvalue weighted by molar-refractivity contribution is -0.137. The Kier molecular flexibility index (Phi) is 6.18. The molecule has 0 aromatic carbocycles. The molecule has 3 rings (SSSR count). The number of nitrogens with zero attached hydrogens (tertiary/aromatic N) is 2. The van der Waals surface area contributed by atoms with E-state index in [4.69, 9.17) is 14.2 Å². The minimum atomic E-state index is 0.00247. The topological polar surface area (TPSA) is 60.9 Å². The lowest BCUT2D eigenvalue weighted by atomic mass is 10.0. The van der Waals surface area contributed by atoms with E-state index in [1.165, 1.54) is 5.56 Å². The second kappa shape index (κ2) is 8.55. The van der Waals surface area contributed by atoms with Crippen molar-refractivity contribution in [3.05, 3.63) is 30.1 Å². The third-order valence-electron chi connectivity index (χ3n) is 4.86. The van der Waals surface area contributed by atoms with Gasteiger partial charge in [0.1, 0.15) is 0 Å². The van der Waals surface area contributed by atoms with Crippen molar-refractivity contribution in [1.29, 1.82) is 0 Å². The fraction of sp³-hybridized carbons (Fsp3) is 0.667. The molecule has 6 heteroatoms. The maximum absolute atomic E-state index is 12.9. The summed E-state index contributed by atoms with van der Waals surface area (Å²) >= 11 is 0. The highest BCUT2D eigenvalue weighted by Crippen LogP contribution is 2.28. The SMILES string of the molecule is COCCO[C@H]1CCN(C(=O)[C@H]2CCOC2)[C@H]1Cc1ccncc1. The molecule has 0 saturated carbocycles. The first-order chi connectivity index (χ1) is 11.8. The second-order valence-corrected chi connectivity index (χ2v) is 6.41. The van der Waals surface area contributed by atoms with Crippen molar-refractivity contribution < 1.29 is 19.0 Å². The molecular weight excluding hydrogens is 308 g/mol. The fourth-order valence-corrected chi connectivity index (χ4v) is 3.54. The standard InChI is InChI=1S/C18H26N2O4/c1-22-10-11-24-17-4-8-20(18(21)15-5-9-23-13-15)16(17)12-14-2-6-19-7-3-14/h2-3,6-7,15-17H,4-5,8-13H2,1H3/t15-,16-,17-/m0/s1. The number of likely N-dealkylation sites (tertiary alicyclic amines) is 1. The van der Waals surface area contributed by atoms with Gasteiger partial charge in [-0.05, 0) is 37.0 Å². The van der Waals surface area contributed by atoms with Gasteiger partial charge in [0, 0.05) is 32.7 Å². The Balaban J connectivity index is 1.70. The zero-order chi connectivity index (χ0) is 16.8. The minimum Gasteiger partial charge on any atom is -0.382 e. The van der Waals surface area contributed by atoms with Crippen molar-refractivity contribution in [2.24, 2.45) is 5.92 Å².